The molecule has 0 unspecified atom stereocenters. The molecule has 5 heteroatoms. The maximum atomic E-state index is 12.1. The summed E-state index contributed by atoms with van der Waals surface area (Å²) in [6.07, 6.45) is 0.457. The lowest BCUT2D eigenvalue weighted by molar-refractivity contribution is 0.402. The number of benzene rings is 1. The Labute approximate surface area is 103 Å². The normalized spacial score (nSPS) is 11.5. The van der Waals surface area contributed by atoms with Crippen LogP contribution in [0, 0.1) is 13.8 Å². The van der Waals surface area contributed by atoms with E-state index in [1.165, 1.54) is 7.11 Å². The van der Waals surface area contributed by atoms with Crippen LogP contribution in [0.25, 0.3) is 0 Å². The zero-order valence-electron chi connectivity index (χ0n) is 10.5. The van der Waals surface area contributed by atoms with Crippen LogP contribution in [0.2, 0.25) is 0 Å². The van der Waals surface area contributed by atoms with Gasteiger partial charge in [-0.25, -0.2) is 8.42 Å². The molecule has 0 aromatic heterocycles. The van der Waals surface area contributed by atoms with Gasteiger partial charge in [0.1, 0.15) is 10.6 Å². The van der Waals surface area contributed by atoms with Crippen LogP contribution in [-0.2, 0) is 9.84 Å². The van der Waals surface area contributed by atoms with E-state index in [1.807, 2.05) is 13.8 Å². The number of hydrogen-bond donors (Lipinski definition) is 1. The van der Waals surface area contributed by atoms with Crippen molar-refractivity contribution >= 4 is 9.84 Å². The van der Waals surface area contributed by atoms with Crippen LogP contribution in [-0.4, -0.2) is 27.8 Å². The van der Waals surface area contributed by atoms with Crippen LogP contribution >= 0.6 is 0 Å². The highest BCUT2D eigenvalue weighted by atomic mass is 32.2. The summed E-state index contributed by atoms with van der Waals surface area (Å²) in [5.41, 5.74) is 7.30. The Hall–Kier alpha value is -1.07. The predicted octanol–water partition coefficient (Wildman–Crippen LogP) is 1.43. The second-order valence-electron chi connectivity index (χ2n) is 4.05. The summed E-state index contributed by atoms with van der Waals surface area (Å²) in [6.45, 7) is 4.18. The first-order valence-electron chi connectivity index (χ1n) is 5.50. The monoisotopic (exact) mass is 257 g/mol. The molecule has 96 valence electrons. The largest absolute Gasteiger partial charge is 0.495 e. The molecule has 0 heterocycles. The maximum absolute atomic E-state index is 12.1. The molecule has 0 atom stereocenters. The van der Waals surface area contributed by atoms with Crippen molar-refractivity contribution in [2.24, 2.45) is 5.73 Å². The molecule has 0 aliphatic rings. The molecule has 4 nitrogen and oxygen atoms in total. The van der Waals surface area contributed by atoms with Gasteiger partial charge in [-0.05, 0) is 50.1 Å². The maximum Gasteiger partial charge on any atom is 0.182 e. The quantitative estimate of drug-likeness (QED) is 0.866. The second-order valence-corrected chi connectivity index (χ2v) is 6.13. The van der Waals surface area contributed by atoms with Crippen molar-refractivity contribution in [1.29, 1.82) is 0 Å². The Kier molecular flexibility index (Phi) is 4.54. The molecule has 0 radical (unpaired) electrons. The molecule has 0 amide bonds. The standard InChI is InChI=1S/C12H19NO3S/c1-9-7-11(16-3)12(8-10(9)2)17(14,15)6-4-5-13/h7-8H,4-6,13H2,1-3H3. The Morgan fingerprint density at radius 1 is 1.24 bits per heavy atom. The zero-order chi connectivity index (χ0) is 13.1. The van der Waals surface area contributed by atoms with Crippen molar-refractivity contribution in [3.05, 3.63) is 23.3 Å². The molecule has 17 heavy (non-hydrogen) atoms. The minimum Gasteiger partial charge on any atom is -0.495 e. The molecule has 0 spiro atoms. The van der Waals surface area contributed by atoms with Crippen LogP contribution in [0.15, 0.2) is 17.0 Å². The fourth-order valence-corrected chi connectivity index (χ4v) is 3.12. The molecular formula is C12H19NO3S. The highest BCUT2D eigenvalue weighted by molar-refractivity contribution is 7.91. The molecule has 1 rings (SSSR count). The van der Waals surface area contributed by atoms with Crippen molar-refractivity contribution in [3.63, 3.8) is 0 Å². The van der Waals surface area contributed by atoms with Gasteiger partial charge in [0.2, 0.25) is 0 Å². The van der Waals surface area contributed by atoms with Gasteiger partial charge in [0.15, 0.2) is 9.84 Å². The van der Waals surface area contributed by atoms with E-state index in [0.717, 1.165) is 11.1 Å². The third-order valence-electron chi connectivity index (χ3n) is 2.73. The molecule has 1 aromatic carbocycles. The first-order chi connectivity index (χ1) is 7.92. The van der Waals surface area contributed by atoms with E-state index in [-0.39, 0.29) is 10.6 Å². The second kappa shape index (κ2) is 5.51. The third kappa shape index (κ3) is 3.20. The molecule has 1 aromatic rings. The predicted molar refractivity (Wildman–Crippen MR) is 68.2 cm³/mol. The minimum absolute atomic E-state index is 0.0579. The first kappa shape index (κ1) is 14.0. The summed E-state index contributed by atoms with van der Waals surface area (Å²) < 4.78 is 29.3. The van der Waals surface area contributed by atoms with E-state index in [1.54, 1.807) is 12.1 Å². The van der Waals surface area contributed by atoms with Crippen molar-refractivity contribution in [2.75, 3.05) is 19.4 Å². The average molecular weight is 257 g/mol. The molecule has 0 fully saturated rings. The summed E-state index contributed by atoms with van der Waals surface area (Å²) >= 11 is 0. The van der Waals surface area contributed by atoms with Crippen LogP contribution in [0.5, 0.6) is 5.75 Å². The van der Waals surface area contributed by atoms with E-state index in [9.17, 15) is 8.42 Å². The van der Waals surface area contributed by atoms with Gasteiger partial charge in [0.25, 0.3) is 0 Å². The van der Waals surface area contributed by atoms with Gasteiger partial charge in [-0.3, -0.25) is 0 Å². The van der Waals surface area contributed by atoms with Crippen LogP contribution in [0.3, 0.4) is 0 Å². The summed E-state index contributed by atoms with van der Waals surface area (Å²) in [7, 11) is -1.83. The van der Waals surface area contributed by atoms with Gasteiger partial charge in [0.05, 0.1) is 12.9 Å². The third-order valence-corrected chi connectivity index (χ3v) is 4.55. The van der Waals surface area contributed by atoms with Gasteiger partial charge >= 0.3 is 0 Å². The van der Waals surface area contributed by atoms with Gasteiger partial charge < -0.3 is 10.5 Å². The van der Waals surface area contributed by atoms with Crippen molar-refractivity contribution < 1.29 is 13.2 Å². The van der Waals surface area contributed by atoms with Gasteiger partial charge in [-0.1, -0.05) is 0 Å². The molecule has 2 N–H and O–H groups in total. The van der Waals surface area contributed by atoms with E-state index in [2.05, 4.69) is 0 Å². The Morgan fingerprint density at radius 3 is 2.35 bits per heavy atom. The smallest absolute Gasteiger partial charge is 0.182 e. The van der Waals surface area contributed by atoms with E-state index in [0.29, 0.717) is 18.7 Å². The van der Waals surface area contributed by atoms with E-state index < -0.39 is 9.84 Å². The number of rotatable bonds is 5. The number of methoxy groups -OCH3 is 1. The fourth-order valence-electron chi connectivity index (χ4n) is 1.55. The Balaban J connectivity index is 3.25. The summed E-state index contributed by atoms with van der Waals surface area (Å²) in [5.74, 6) is 0.465. The zero-order valence-corrected chi connectivity index (χ0v) is 11.3. The number of nitrogens with two attached hydrogens (primary N) is 1. The summed E-state index contributed by atoms with van der Waals surface area (Å²) in [5, 5.41) is 0. The molecule has 0 bridgehead atoms. The number of ether oxygens (including phenoxy) is 1. The first-order valence-corrected chi connectivity index (χ1v) is 7.15. The number of aryl methyl sites for hydroxylation is 2. The lowest BCUT2D eigenvalue weighted by Crippen LogP contribution is -2.13. The topological polar surface area (TPSA) is 69.4 Å². The lowest BCUT2D eigenvalue weighted by Gasteiger charge is -2.12. The number of hydrogen-bond acceptors (Lipinski definition) is 4. The van der Waals surface area contributed by atoms with Crippen LogP contribution < -0.4 is 10.5 Å². The Morgan fingerprint density at radius 2 is 1.82 bits per heavy atom. The highest BCUT2D eigenvalue weighted by Gasteiger charge is 2.20. The molecular weight excluding hydrogens is 238 g/mol. The minimum atomic E-state index is -3.31. The highest BCUT2D eigenvalue weighted by Crippen LogP contribution is 2.28. The fraction of sp³-hybridized carbons (Fsp3) is 0.500. The van der Waals surface area contributed by atoms with Crippen LogP contribution in [0.4, 0.5) is 0 Å². The SMILES string of the molecule is COc1cc(C)c(C)cc1S(=O)(=O)CCCN. The van der Waals surface area contributed by atoms with Crippen molar-refractivity contribution in [2.45, 2.75) is 25.2 Å². The molecule has 0 saturated heterocycles. The molecule has 0 aliphatic heterocycles. The molecule has 0 saturated carbocycles. The van der Waals surface area contributed by atoms with Gasteiger partial charge in [-0.2, -0.15) is 0 Å². The molecule has 0 aliphatic carbocycles. The summed E-state index contributed by atoms with van der Waals surface area (Å²) in [6, 6.07) is 3.42. The Bertz CT molecular complexity index is 495. The van der Waals surface area contributed by atoms with Gasteiger partial charge in [-0.15, -0.1) is 0 Å². The van der Waals surface area contributed by atoms with Crippen molar-refractivity contribution in [3.8, 4) is 5.75 Å². The number of sulfone groups is 1. The van der Waals surface area contributed by atoms with Gasteiger partial charge in [0, 0.05) is 0 Å². The van der Waals surface area contributed by atoms with E-state index >= 15 is 0 Å². The lowest BCUT2D eigenvalue weighted by atomic mass is 10.1. The summed E-state index contributed by atoms with van der Waals surface area (Å²) in [4.78, 5) is 0.261. The van der Waals surface area contributed by atoms with E-state index in [4.69, 9.17) is 10.5 Å². The average Bonchev–Trinajstić information content (AvgIpc) is 2.29. The van der Waals surface area contributed by atoms with Crippen molar-refractivity contribution in [1.82, 2.24) is 0 Å². The van der Waals surface area contributed by atoms with Crippen LogP contribution in [0.1, 0.15) is 17.5 Å².